The zero-order valence-corrected chi connectivity index (χ0v) is 14.0. The van der Waals surface area contributed by atoms with Crippen LogP contribution in [0.25, 0.3) is 10.2 Å². The second-order valence-electron chi connectivity index (χ2n) is 7.13. The summed E-state index contributed by atoms with van der Waals surface area (Å²) in [5.41, 5.74) is 6.46. The highest BCUT2D eigenvalue weighted by Gasteiger charge is 2.31. The number of carbonyl (C=O) groups excluding carboxylic acids is 1. The molecule has 0 saturated heterocycles. The Labute approximate surface area is 133 Å². The minimum absolute atomic E-state index is 0.114. The second-order valence-corrected chi connectivity index (χ2v) is 8.22. The highest BCUT2D eigenvalue weighted by molar-refractivity contribution is 7.18. The molecule has 0 aromatic carbocycles. The van der Waals surface area contributed by atoms with E-state index in [0.29, 0.717) is 11.3 Å². The summed E-state index contributed by atoms with van der Waals surface area (Å²) in [6.07, 6.45) is 4.44. The van der Waals surface area contributed by atoms with Crippen LogP contribution in [-0.4, -0.2) is 15.5 Å². The molecule has 1 amide bonds. The number of carbonyl (C=O) groups is 1. The Morgan fingerprint density at radius 2 is 2.23 bits per heavy atom. The summed E-state index contributed by atoms with van der Waals surface area (Å²) < 4.78 is 1.31. The van der Waals surface area contributed by atoms with Crippen molar-refractivity contribution in [1.29, 1.82) is 0 Å². The number of thiophene rings is 1. The van der Waals surface area contributed by atoms with Gasteiger partial charge in [0.15, 0.2) is 0 Å². The average Bonchev–Trinajstić information content (AvgIpc) is 2.78. The number of fused-ring (bicyclic) bond motifs is 3. The van der Waals surface area contributed by atoms with Gasteiger partial charge in [-0.1, -0.05) is 20.8 Å². The first kappa shape index (κ1) is 15.2. The van der Waals surface area contributed by atoms with Crippen LogP contribution in [0.15, 0.2) is 11.1 Å². The number of primary amides is 1. The average molecular weight is 319 g/mol. The molecule has 5 nitrogen and oxygen atoms in total. The Morgan fingerprint density at radius 1 is 1.50 bits per heavy atom. The second kappa shape index (κ2) is 5.19. The number of hydrogen-bond acceptors (Lipinski definition) is 4. The molecule has 0 unspecified atom stereocenters. The summed E-state index contributed by atoms with van der Waals surface area (Å²) in [4.78, 5) is 30.1. The van der Waals surface area contributed by atoms with Crippen molar-refractivity contribution in [3.63, 3.8) is 0 Å². The van der Waals surface area contributed by atoms with E-state index >= 15 is 0 Å². The largest absolute Gasteiger partial charge is 0.368 e. The van der Waals surface area contributed by atoms with E-state index in [2.05, 4.69) is 25.8 Å². The van der Waals surface area contributed by atoms with Crippen molar-refractivity contribution in [2.24, 2.45) is 17.1 Å². The molecule has 0 bridgehead atoms. The van der Waals surface area contributed by atoms with Gasteiger partial charge in [0.25, 0.3) is 5.56 Å². The standard InChI is InChI=1S/C16H21N3O2S/c1-16(2,3)9-4-5-10-11(6-9)22-14-13(10)15(21)19(8-18-14)7-12(17)20/h8-9H,4-7H2,1-3H3,(H2,17,20)/t9-/m1/s1. The molecule has 0 spiro atoms. The maximum Gasteiger partial charge on any atom is 0.262 e. The molecule has 22 heavy (non-hydrogen) atoms. The fourth-order valence-corrected chi connectivity index (χ4v) is 4.48. The lowest BCUT2D eigenvalue weighted by Gasteiger charge is -2.33. The lowest BCUT2D eigenvalue weighted by molar-refractivity contribution is -0.118. The molecule has 1 aliphatic carbocycles. The first-order chi connectivity index (χ1) is 10.3. The maximum absolute atomic E-state index is 12.6. The molecule has 1 atom stereocenters. The Kier molecular flexibility index (Phi) is 3.59. The van der Waals surface area contributed by atoms with Gasteiger partial charge in [-0.15, -0.1) is 11.3 Å². The van der Waals surface area contributed by atoms with Crippen molar-refractivity contribution in [2.75, 3.05) is 0 Å². The Hall–Kier alpha value is -1.69. The number of aromatic nitrogens is 2. The van der Waals surface area contributed by atoms with Crippen molar-refractivity contribution in [2.45, 2.75) is 46.6 Å². The highest BCUT2D eigenvalue weighted by atomic mass is 32.1. The topological polar surface area (TPSA) is 78.0 Å². The van der Waals surface area contributed by atoms with Gasteiger partial charge >= 0.3 is 0 Å². The van der Waals surface area contributed by atoms with E-state index in [-0.39, 0.29) is 17.5 Å². The quantitative estimate of drug-likeness (QED) is 0.920. The fraction of sp³-hybridized carbons (Fsp3) is 0.562. The number of nitrogens with two attached hydrogens (primary N) is 1. The molecule has 2 aromatic heterocycles. The van der Waals surface area contributed by atoms with Gasteiger partial charge < -0.3 is 5.73 Å². The molecule has 0 radical (unpaired) electrons. The van der Waals surface area contributed by atoms with Crippen LogP contribution in [-0.2, 0) is 24.2 Å². The van der Waals surface area contributed by atoms with E-state index in [1.165, 1.54) is 15.8 Å². The molecular weight excluding hydrogens is 298 g/mol. The number of rotatable bonds is 2. The minimum Gasteiger partial charge on any atom is -0.368 e. The number of nitrogens with zero attached hydrogens (tertiary/aromatic N) is 2. The zero-order chi connectivity index (χ0) is 16.1. The van der Waals surface area contributed by atoms with Crippen LogP contribution < -0.4 is 11.3 Å². The highest BCUT2D eigenvalue weighted by Crippen LogP contribution is 2.41. The number of amides is 1. The molecule has 6 heteroatoms. The molecule has 0 saturated carbocycles. The van der Waals surface area contributed by atoms with Crippen LogP contribution >= 0.6 is 11.3 Å². The Balaban J connectivity index is 2.08. The minimum atomic E-state index is -0.528. The predicted molar refractivity (Wildman–Crippen MR) is 88.0 cm³/mol. The Morgan fingerprint density at radius 3 is 2.86 bits per heavy atom. The van der Waals surface area contributed by atoms with E-state index in [1.807, 2.05) is 0 Å². The van der Waals surface area contributed by atoms with Gasteiger partial charge in [-0.25, -0.2) is 4.98 Å². The van der Waals surface area contributed by atoms with Gasteiger partial charge in [-0.2, -0.15) is 0 Å². The molecule has 2 N–H and O–H groups in total. The van der Waals surface area contributed by atoms with Gasteiger partial charge in [0.1, 0.15) is 11.4 Å². The van der Waals surface area contributed by atoms with Crippen LogP contribution in [0.2, 0.25) is 0 Å². The summed E-state index contributed by atoms with van der Waals surface area (Å²) >= 11 is 1.62. The molecule has 0 fully saturated rings. The summed E-state index contributed by atoms with van der Waals surface area (Å²) in [6, 6.07) is 0. The summed E-state index contributed by atoms with van der Waals surface area (Å²) in [7, 11) is 0. The van der Waals surface area contributed by atoms with E-state index in [9.17, 15) is 9.59 Å². The normalized spacial score (nSPS) is 18.4. The van der Waals surface area contributed by atoms with Gasteiger partial charge in [0.2, 0.25) is 5.91 Å². The van der Waals surface area contributed by atoms with E-state index in [1.54, 1.807) is 11.3 Å². The fourth-order valence-electron chi connectivity index (χ4n) is 3.22. The first-order valence-corrected chi connectivity index (χ1v) is 8.37. The third-order valence-electron chi connectivity index (χ3n) is 4.59. The molecule has 118 valence electrons. The lowest BCUT2D eigenvalue weighted by Crippen LogP contribution is -2.29. The molecule has 1 aliphatic rings. The Bertz CT molecular complexity index is 798. The van der Waals surface area contributed by atoms with Crippen molar-refractivity contribution in [3.8, 4) is 0 Å². The van der Waals surface area contributed by atoms with Gasteiger partial charge in [-0.05, 0) is 36.2 Å². The van der Waals surface area contributed by atoms with Gasteiger partial charge in [0.05, 0.1) is 11.7 Å². The van der Waals surface area contributed by atoms with Crippen molar-refractivity contribution in [1.82, 2.24) is 9.55 Å². The van der Waals surface area contributed by atoms with Crippen molar-refractivity contribution < 1.29 is 4.79 Å². The third-order valence-corrected chi connectivity index (χ3v) is 5.75. The molecule has 2 aromatic rings. The summed E-state index contributed by atoms with van der Waals surface area (Å²) in [5, 5.41) is 0.691. The maximum atomic E-state index is 12.6. The van der Waals surface area contributed by atoms with Gasteiger partial charge in [-0.3, -0.25) is 14.2 Å². The van der Waals surface area contributed by atoms with E-state index < -0.39 is 5.91 Å². The molecule has 2 heterocycles. The molecule has 3 rings (SSSR count). The number of aryl methyl sites for hydroxylation is 1. The zero-order valence-electron chi connectivity index (χ0n) is 13.2. The van der Waals surface area contributed by atoms with Crippen LogP contribution in [0, 0.1) is 11.3 Å². The lowest BCUT2D eigenvalue weighted by atomic mass is 9.72. The third kappa shape index (κ3) is 2.56. The van der Waals surface area contributed by atoms with E-state index in [4.69, 9.17) is 5.73 Å². The van der Waals surface area contributed by atoms with Crippen LogP contribution in [0.1, 0.15) is 37.6 Å². The first-order valence-electron chi connectivity index (χ1n) is 7.55. The SMILES string of the molecule is CC(C)(C)[C@@H]1CCc2c(sc3ncn(CC(N)=O)c(=O)c23)C1. The van der Waals surface area contributed by atoms with Gasteiger partial charge in [0, 0.05) is 4.88 Å². The molecule has 0 aliphatic heterocycles. The van der Waals surface area contributed by atoms with Crippen LogP contribution in [0.3, 0.4) is 0 Å². The van der Waals surface area contributed by atoms with Crippen molar-refractivity contribution >= 4 is 27.5 Å². The van der Waals surface area contributed by atoms with Crippen molar-refractivity contribution in [3.05, 3.63) is 27.1 Å². The summed E-state index contributed by atoms with van der Waals surface area (Å²) in [6.45, 7) is 6.70. The number of hydrogen-bond donors (Lipinski definition) is 1. The van der Waals surface area contributed by atoms with Crippen LogP contribution in [0.5, 0.6) is 0 Å². The smallest absolute Gasteiger partial charge is 0.262 e. The summed E-state index contributed by atoms with van der Waals surface area (Å²) in [5.74, 6) is 0.0982. The van der Waals surface area contributed by atoms with Crippen LogP contribution in [0.4, 0.5) is 0 Å². The van der Waals surface area contributed by atoms with E-state index in [0.717, 1.165) is 29.7 Å². The monoisotopic (exact) mass is 319 g/mol. The molecular formula is C16H21N3O2S. The predicted octanol–water partition coefficient (Wildman–Crippen LogP) is 2.09.